The van der Waals surface area contributed by atoms with Crippen molar-refractivity contribution in [2.75, 3.05) is 18.6 Å². The van der Waals surface area contributed by atoms with Crippen molar-refractivity contribution in [2.45, 2.75) is 32.2 Å². The summed E-state index contributed by atoms with van der Waals surface area (Å²) in [7, 11) is 1.55. The van der Waals surface area contributed by atoms with Gasteiger partial charge in [-0.05, 0) is 66.6 Å². The number of rotatable bonds is 9. The fraction of sp³-hybridized carbons (Fsp3) is 0.250. The van der Waals surface area contributed by atoms with Crippen molar-refractivity contribution in [3.05, 3.63) is 89.8 Å². The first kappa shape index (κ1) is 24.0. The second-order valence-corrected chi connectivity index (χ2v) is 8.23. The smallest absolute Gasteiger partial charge is 0.300 e. The molecule has 35 heavy (non-hydrogen) atoms. The van der Waals surface area contributed by atoms with Gasteiger partial charge in [0.2, 0.25) is 0 Å². The van der Waals surface area contributed by atoms with Gasteiger partial charge in [0.15, 0.2) is 0 Å². The van der Waals surface area contributed by atoms with Crippen molar-refractivity contribution in [3.8, 4) is 11.5 Å². The average Bonchev–Trinajstić information content (AvgIpc) is 3.17. The Bertz CT molecular complexity index is 1200. The Balaban J connectivity index is 1.72. The predicted molar refractivity (Wildman–Crippen MR) is 133 cm³/mol. The fourth-order valence-electron chi connectivity index (χ4n) is 4.10. The number of aliphatic hydroxyl groups is 1. The third kappa shape index (κ3) is 5.04. The molecule has 0 saturated carbocycles. The highest BCUT2D eigenvalue weighted by atomic mass is 16.5. The summed E-state index contributed by atoms with van der Waals surface area (Å²) in [6.45, 7) is 2.75. The average molecular weight is 473 g/mol. The van der Waals surface area contributed by atoms with Gasteiger partial charge >= 0.3 is 0 Å². The molecule has 2 heterocycles. The number of ether oxygens (including phenoxy) is 2. The number of nitrogens with zero attached hydrogens (tertiary/aromatic N) is 2. The van der Waals surface area contributed by atoms with Crippen LogP contribution in [0.4, 0.5) is 5.69 Å². The summed E-state index contributed by atoms with van der Waals surface area (Å²) in [4.78, 5) is 31.9. The van der Waals surface area contributed by atoms with Crippen LogP contribution in [0.15, 0.2) is 78.6 Å². The second kappa shape index (κ2) is 10.9. The van der Waals surface area contributed by atoms with Crippen molar-refractivity contribution in [1.82, 2.24) is 4.98 Å². The minimum absolute atomic E-state index is 0.00966. The Labute approximate surface area is 204 Å². The summed E-state index contributed by atoms with van der Waals surface area (Å²) in [6.07, 6.45) is 6.39. The van der Waals surface area contributed by atoms with Crippen LogP contribution in [0.1, 0.15) is 43.4 Å². The Kier molecular flexibility index (Phi) is 7.45. The van der Waals surface area contributed by atoms with Crippen LogP contribution < -0.4 is 14.4 Å². The van der Waals surface area contributed by atoms with E-state index in [9.17, 15) is 14.7 Å². The summed E-state index contributed by atoms with van der Waals surface area (Å²) < 4.78 is 11.0. The molecule has 1 fully saturated rings. The minimum atomic E-state index is -0.831. The van der Waals surface area contributed by atoms with E-state index in [0.717, 1.165) is 19.3 Å². The standard InChI is InChI=1S/C28H28N2O5/c1-3-4-5-17-35-23-12-8-19(9-13-23)26(31)24-25(20-7-6-16-29-18-20)30(28(33)27(24)32)21-10-14-22(34-2)15-11-21/h6-16,18,25,31H,3-5,17H2,1-2H3/b26-24-. The lowest BCUT2D eigenvalue weighted by atomic mass is 9.96. The van der Waals surface area contributed by atoms with Gasteiger partial charge in [-0.15, -0.1) is 0 Å². The lowest BCUT2D eigenvalue weighted by Gasteiger charge is -2.25. The summed E-state index contributed by atoms with van der Waals surface area (Å²) in [5, 5.41) is 11.2. The first-order chi connectivity index (χ1) is 17.0. The number of amides is 1. The SMILES string of the molecule is CCCCCOc1ccc(/C(O)=C2/C(=O)C(=O)N(c3ccc(OC)cc3)C2c2cccnc2)cc1. The molecule has 0 aliphatic carbocycles. The monoisotopic (exact) mass is 472 g/mol. The van der Waals surface area contributed by atoms with Crippen LogP contribution in [0.5, 0.6) is 11.5 Å². The molecule has 0 radical (unpaired) electrons. The van der Waals surface area contributed by atoms with Gasteiger partial charge in [0, 0.05) is 23.6 Å². The van der Waals surface area contributed by atoms with E-state index < -0.39 is 17.7 Å². The number of unbranched alkanes of at least 4 members (excludes halogenated alkanes) is 2. The molecule has 1 atom stereocenters. The largest absolute Gasteiger partial charge is 0.507 e. The predicted octanol–water partition coefficient (Wildman–Crippen LogP) is 5.29. The van der Waals surface area contributed by atoms with Gasteiger partial charge < -0.3 is 14.6 Å². The number of aromatic nitrogens is 1. The number of hydrogen-bond donors (Lipinski definition) is 1. The summed E-state index contributed by atoms with van der Waals surface area (Å²) in [5.74, 6) is -0.417. The van der Waals surface area contributed by atoms with Crippen LogP contribution in [0.3, 0.4) is 0 Å². The van der Waals surface area contributed by atoms with Gasteiger partial charge in [-0.2, -0.15) is 0 Å². The quantitative estimate of drug-likeness (QED) is 0.197. The van der Waals surface area contributed by atoms with Crippen LogP contribution >= 0.6 is 0 Å². The molecule has 1 N–H and O–H groups in total. The van der Waals surface area contributed by atoms with E-state index in [-0.39, 0.29) is 11.3 Å². The second-order valence-electron chi connectivity index (χ2n) is 8.23. The van der Waals surface area contributed by atoms with Crippen molar-refractivity contribution < 1.29 is 24.2 Å². The number of ketones is 1. The van der Waals surface area contributed by atoms with E-state index in [4.69, 9.17) is 9.47 Å². The molecule has 1 unspecified atom stereocenters. The molecule has 1 aromatic heterocycles. The Morgan fingerprint density at radius 2 is 1.71 bits per heavy atom. The number of hydrogen-bond acceptors (Lipinski definition) is 6. The Morgan fingerprint density at radius 3 is 2.34 bits per heavy atom. The minimum Gasteiger partial charge on any atom is -0.507 e. The van der Waals surface area contributed by atoms with E-state index in [1.165, 1.54) is 4.90 Å². The van der Waals surface area contributed by atoms with E-state index in [1.807, 2.05) is 0 Å². The number of Topliss-reactive ketones (excluding diaryl/α,β-unsaturated/α-hetero) is 1. The fourth-order valence-corrected chi connectivity index (χ4v) is 4.10. The normalized spacial score (nSPS) is 17.0. The van der Waals surface area contributed by atoms with E-state index >= 15 is 0 Å². The number of pyridine rings is 1. The molecule has 0 spiro atoms. The van der Waals surface area contributed by atoms with E-state index in [2.05, 4.69) is 11.9 Å². The number of methoxy groups -OCH3 is 1. The molecule has 7 nitrogen and oxygen atoms in total. The molecule has 1 aliphatic heterocycles. The number of carbonyl (C=O) groups excluding carboxylic acids is 2. The highest BCUT2D eigenvalue weighted by molar-refractivity contribution is 6.51. The summed E-state index contributed by atoms with van der Waals surface area (Å²) in [6, 6.07) is 16.4. The Morgan fingerprint density at radius 1 is 1.00 bits per heavy atom. The van der Waals surface area contributed by atoms with Gasteiger partial charge in [0.05, 0.1) is 25.3 Å². The number of benzene rings is 2. The van der Waals surface area contributed by atoms with Crippen molar-refractivity contribution in [3.63, 3.8) is 0 Å². The molecule has 1 aliphatic rings. The highest BCUT2D eigenvalue weighted by Gasteiger charge is 2.47. The first-order valence-electron chi connectivity index (χ1n) is 11.6. The first-order valence-corrected chi connectivity index (χ1v) is 11.6. The van der Waals surface area contributed by atoms with E-state index in [1.54, 1.807) is 80.2 Å². The molecule has 2 aromatic carbocycles. The maximum atomic E-state index is 13.2. The maximum absolute atomic E-state index is 13.2. The summed E-state index contributed by atoms with van der Waals surface area (Å²) >= 11 is 0. The molecule has 180 valence electrons. The molecule has 1 amide bonds. The van der Waals surface area contributed by atoms with Crippen LogP contribution in [-0.4, -0.2) is 35.5 Å². The molecule has 1 saturated heterocycles. The van der Waals surface area contributed by atoms with Crippen molar-refractivity contribution in [2.24, 2.45) is 0 Å². The summed E-state index contributed by atoms with van der Waals surface area (Å²) in [5.41, 5.74) is 1.56. The molecule has 7 heteroatoms. The number of aliphatic hydroxyl groups excluding tert-OH is 1. The van der Waals surface area contributed by atoms with Gasteiger partial charge in [0.25, 0.3) is 11.7 Å². The Hall–Kier alpha value is -4.13. The van der Waals surface area contributed by atoms with Crippen molar-refractivity contribution >= 4 is 23.1 Å². The van der Waals surface area contributed by atoms with Crippen molar-refractivity contribution in [1.29, 1.82) is 0 Å². The molecule has 3 aromatic rings. The molecular weight excluding hydrogens is 444 g/mol. The molecule has 0 bridgehead atoms. The van der Waals surface area contributed by atoms with E-state index in [0.29, 0.717) is 34.9 Å². The number of anilines is 1. The van der Waals surface area contributed by atoms with Gasteiger partial charge in [-0.3, -0.25) is 19.5 Å². The zero-order valence-electron chi connectivity index (χ0n) is 19.8. The third-order valence-electron chi connectivity index (χ3n) is 5.94. The third-order valence-corrected chi connectivity index (χ3v) is 5.94. The van der Waals surface area contributed by atoms with Gasteiger partial charge in [-0.25, -0.2) is 0 Å². The maximum Gasteiger partial charge on any atom is 0.300 e. The molecular formula is C28H28N2O5. The zero-order valence-corrected chi connectivity index (χ0v) is 19.8. The van der Waals surface area contributed by atoms with Gasteiger partial charge in [0.1, 0.15) is 17.3 Å². The van der Waals surface area contributed by atoms with Gasteiger partial charge in [-0.1, -0.05) is 25.8 Å². The lowest BCUT2D eigenvalue weighted by molar-refractivity contribution is -0.132. The topological polar surface area (TPSA) is 89.0 Å². The number of carbonyl (C=O) groups is 2. The highest BCUT2D eigenvalue weighted by Crippen LogP contribution is 2.42. The van der Waals surface area contributed by atoms with Crippen LogP contribution in [0.25, 0.3) is 5.76 Å². The van der Waals surface area contributed by atoms with Crippen LogP contribution in [0.2, 0.25) is 0 Å². The van der Waals surface area contributed by atoms with Crippen LogP contribution in [-0.2, 0) is 9.59 Å². The van der Waals surface area contributed by atoms with Crippen LogP contribution in [0, 0.1) is 0 Å². The zero-order chi connectivity index (χ0) is 24.8. The lowest BCUT2D eigenvalue weighted by Crippen LogP contribution is -2.29. The molecule has 4 rings (SSSR count).